The van der Waals surface area contributed by atoms with Crippen molar-refractivity contribution in [3.63, 3.8) is 0 Å². The molecule has 0 radical (unpaired) electrons. The molecule has 1 aliphatic heterocycles. The zero-order valence-corrected chi connectivity index (χ0v) is 10.3. The Kier molecular flexibility index (Phi) is 3.63. The van der Waals surface area contributed by atoms with Gasteiger partial charge in [-0.2, -0.15) is 0 Å². The van der Waals surface area contributed by atoms with E-state index in [0.717, 1.165) is 18.5 Å². The van der Waals surface area contributed by atoms with Gasteiger partial charge in [0.1, 0.15) is 0 Å². The number of hydrogen-bond donors (Lipinski definition) is 1. The summed E-state index contributed by atoms with van der Waals surface area (Å²) in [5.74, 6) is 0.641. The molecule has 1 atom stereocenters. The second-order valence-electron chi connectivity index (χ2n) is 3.84. The van der Waals surface area contributed by atoms with Gasteiger partial charge in [0.2, 0.25) is 0 Å². The zero-order chi connectivity index (χ0) is 11.5. The summed E-state index contributed by atoms with van der Waals surface area (Å²) in [7, 11) is 3.55. The van der Waals surface area contributed by atoms with Crippen LogP contribution in [0.15, 0.2) is 12.3 Å². The predicted octanol–water partition coefficient (Wildman–Crippen LogP) is 2.01. The molecule has 0 spiro atoms. The Morgan fingerprint density at radius 2 is 2.44 bits per heavy atom. The largest absolute Gasteiger partial charge is 0.494 e. The van der Waals surface area contributed by atoms with Gasteiger partial charge in [-0.3, -0.25) is 5.43 Å². The van der Waals surface area contributed by atoms with Crippen LogP contribution in [-0.4, -0.2) is 30.7 Å². The van der Waals surface area contributed by atoms with E-state index in [1.165, 1.54) is 6.42 Å². The number of hydrazine groups is 1. The first kappa shape index (κ1) is 11.6. The van der Waals surface area contributed by atoms with Crippen LogP contribution in [0.3, 0.4) is 0 Å². The Morgan fingerprint density at radius 3 is 3.12 bits per heavy atom. The van der Waals surface area contributed by atoms with E-state index in [4.69, 9.17) is 16.3 Å². The van der Waals surface area contributed by atoms with Crippen LogP contribution >= 0.6 is 11.6 Å². The second-order valence-corrected chi connectivity index (χ2v) is 4.19. The molecule has 16 heavy (non-hydrogen) atoms. The van der Waals surface area contributed by atoms with Crippen LogP contribution in [0.5, 0.6) is 5.75 Å². The summed E-state index contributed by atoms with van der Waals surface area (Å²) >= 11 is 5.91. The van der Waals surface area contributed by atoms with E-state index >= 15 is 0 Å². The van der Waals surface area contributed by atoms with Crippen LogP contribution in [0, 0.1) is 0 Å². The van der Waals surface area contributed by atoms with Crippen LogP contribution in [0.1, 0.15) is 24.4 Å². The Morgan fingerprint density at radius 1 is 1.62 bits per heavy atom. The number of aromatic nitrogens is 1. The molecule has 1 aliphatic rings. The fraction of sp³-hybridized carbons (Fsp3) is 0.545. The fourth-order valence-corrected chi connectivity index (χ4v) is 2.33. The molecular weight excluding hydrogens is 226 g/mol. The highest BCUT2D eigenvalue weighted by Crippen LogP contribution is 2.33. The molecule has 0 amide bonds. The minimum Gasteiger partial charge on any atom is -0.494 e. The van der Waals surface area contributed by atoms with Gasteiger partial charge in [0.05, 0.1) is 13.2 Å². The van der Waals surface area contributed by atoms with E-state index in [2.05, 4.69) is 15.4 Å². The third-order valence-electron chi connectivity index (χ3n) is 2.97. The third-order valence-corrected chi connectivity index (χ3v) is 3.26. The molecule has 2 rings (SSSR count). The Bertz CT molecular complexity index is 372. The average Bonchev–Trinajstić information content (AvgIpc) is 2.78. The standard InChI is InChI=1S/C11H16ClN3O/c1-13-15-5-3-4-9(15)8-6-10(16-2)11(12)14-7-8/h6-7,9,13H,3-5H2,1-2H3/t9-/m1/s1. The Balaban J connectivity index is 2.26. The van der Waals surface area contributed by atoms with Crippen molar-refractivity contribution in [2.75, 3.05) is 20.7 Å². The Labute approximate surface area is 101 Å². The van der Waals surface area contributed by atoms with Crippen molar-refractivity contribution in [2.24, 2.45) is 0 Å². The van der Waals surface area contributed by atoms with Crippen molar-refractivity contribution in [1.82, 2.24) is 15.4 Å². The summed E-state index contributed by atoms with van der Waals surface area (Å²) < 4.78 is 5.18. The summed E-state index contributed by atoms with van der Waals surface area (Å²) in [5.41, 5.74) is 4.34. The number of methoxy groups -OCH3 is 1. The summed E-state index contributed by atoms with van der Waals surface area (Å²) in [4.78, 5) is 4.15. The van der Waals surface area contributed by atoms with Gasteiger partial charge in [0.25, 0.3) is 0 Å². The number of pyridine rings is 1. The first-order valence-corrected chi connectivity index (χ1v) is 5.77. The van der Waals surface area contributed by atoms with Crippen LogP contribution in [0.25, 0.3) is 0 Å². The van der Waals surface area contributed by atoms with Crippen molar-refractivity contribution >= 4 is 11.6 Å². The number of halogens is 1. The van der Waals surface area contributed by atoms with Crippen molar-refractivity contribution in [2.45, 2.75) is 18.9 Å². The molecule has 0 bridgehead atoms. The summed E-state index contributed by atoms with van der Waals surface area (Å²) in [6, 6.07) is 2.33. The molecule has 1 N–H and O–H groups in total. The lowest BCUT2D eigenvalue weighted by Crippen LogP contribution is -2.34. The molecule has 0 aliphatic carbocycles. The van der Waals surface area contributed by atoms with E-state index in [1.807, 2.05) is 19.3 Å². The quantitative estimate of drug-likeness (QED) is 0.822. The summed E-state index contributed by atoms with van der Waals surface area (Å²) in [6.07, 6.45) is 4.15. The lowest BCUT2D eigenvalue weighted by molar-refractivity contribution is 0.190. The highest BCUT2D eigenvalue weighted by molar-refractivity contribution is 6.30. The maximum absolute atomic E-state index is 5.91. The predicted molar refractivity (Wildman–Crippen MR) is 63.5 cm³/mol. The fourth-order valence-electron chi connectivity index (χ4n) is 2.15. The molecule has 0 saturated carbocycles. The van der Waals surface area contributed by atoms with E-state index in [9.17, 15) is 0 Å². The maximum Gasteiger partial charge on any atom is 0.171 e. The summed E-state index contributed by atoms with van der Waals surface area (Å²) in [6.45, 7) is 1.06. The van der Waals surface area contributed by atoms with Crippen molar-refractivity contribution in [3.8, 4) is 5.75 Å². The van der Waals surface area contributed by atoms with Gasteiger partial charge in [-0.15, -0.1) is 0 Å². The van der Waals surface area contributed by atoms with Crippen LogP contribution in [-0.2, 0) is 0 Å². The number of nitrogens with one attached hydrogen (secondary N) is 1. The van der Waals surface area contributed by atoms with E-state index < -0.39 is 0 Å². The van der Waals surface area contributed by atoms with Crippen molar-refractivity contribution < 1.29 is 4.74 Å². The van der Waals surface area contributed by atoms with Gasteiger partial charge in [-0.1, -0.05) is 11.6 Å². The molecule has 1 fully saturated rings. The minimum atomic E-state index is 0.365. The van der Waals surface area contributed by atoms with E-state index in [1.54, 1.807) is 7.11 Å². The molecule has 5 heteroatoms. The molecule has 0 unspecified atom stereocenters. The Hall–Kier alpha value is -0.840. The number of ether oxygens (including phenoxy) is 1. The van der Waals surface area contributed by atoms with Gasteiger partial charge in [0, 0.05) is 12.7 Å². The number of nitrogens with zero attached hydrogens (tertiary/aromatic N) is 2. The first-order valence-electron chi connectivity index (χ1n) is 5.39. The first-order chi connectivity index (χ1) is 7.76. The average molecular weight is 242 g/mol. The molecule has 88 valence electrons. The lowest BCUT2D eigenvalue weighted by Gasteiger charge is -2.23. The SMILES string of the molecule is CNN1CCC[C@@H]1c1cnc(Cl)c(OC)c1. The van der Waals surface area contributed by atoms with Crippen LogP contribution in [0.4, 0.5) is 0 Å². The van der Waals surface area contributed by atoms with Gasteiger partial charge >= 0.3 is 0 Å². The van der Waals surface area contributed by atoms with Crippen molar-refractivity contribution in [1.29, 1.82) is 0 Å². The number of hydrogen-bond acceptors (Lipinski definition) is 4. The topological polar surface area (TPSA) is 37.4 Å². The molecule has 1 saturated heterocycles. The number of rotatable bonds is 3. The molecule has 4 nitrogen and oxygen atoms in total. The zero-order valence-electron chi connectivity index (χ0n) is 9.53. The lowest BCUT2D eigenvalue weighted by atomic mass is 10.1. The molecule has 0 aromatic carbocycles. The van der Waals surface area contributed by atoms with Gasteiger partial charge in [-0.25, -0.2) is 9.99 Å². The normalized spacial score (nSPS) is 21.3. The highest BCUT2D eigenvalue weighted by Gasteiger charge is 2.25. The molecule has 1 aromatic rings. The molecular formula is C11H16ClN3O. The highest BCUT2D eigenvalue weighted by atomic mass is 35.5. The monoisotopic (exact) mass is 241 g/mol. The maximum atomic E-state index is 5.91. The molecule has 1 aromatic heterocycles. The summed E-state index contributed by atoms with van der Waals surface area (Å²) in [5, 5.41) is 2.63. The van der Waals surface area contributed by atoms with Crippen LogP contribution in [0.2, 0.25) is 5.15 Å². The van der Waals surface area contributed by atoms with Crippen molar-refractivity contribution in [3.05, 3.63) is 23.0 Å². The third kappa shape index (κ3) is 2.14. The van der Waals surface area contributed by atoms with Gasteiger partial charge < -0.3 is 4.74 Å². The van der Waals surface area contributed by atoms with Gasteiger partial charge in [0.15, 0.2) is 10.9 Å². The second kappa shape index (κ2) is 4.99. The minimum absolute atomic E-state index is 0.365. The van der Waals surface area contributed by atoms with Crippen LogP contribution < -0.4 is 10.2 Å². The van der Waals surface area contributed by atoms with E-state index in [0.29, 0.717) is 16.9 Å². The smallest absolute Gasteiger partial charge is 0.171 e. The van der Waals surface area contributed by atoms with E-state index in [-0.39, 0.29) is 0 Å². The molecule has 2 heterocycles. The van der Waals surface area contributed by atoms with Gasteiger partial charge in [-0.05, 0) is 31.5 Å².